The molecule has 198 valence electrons. The highest BCUT2D eigenvalue weighted by molar-refractivity contribution is 5.84. The van der Waals surface area contributed by atoms with E-state index in [4.69, 9.17) is 9.47 Å². The lowest BCUT2D eigenvalue weighted by Gasteiger charge is -2.38. The molecule has 2 fully saturated rings. The van der Waals surface area contributed by atoms with Crippen LogP contribution in [0.4, 0.5) is 13.2 Å². The number of nitrogens with one attached hydrogen (secondary N) is 1. The number of amides is 1. The molecular formula is C28H32F3N3O3. The van der Waals surface area contributed by atoms with Crippen LogP contribution in [-0.2, 0) is 28.7 Å². The standard InChI is InChI=1S/C28H32F3N3O3/c1-36-24-16-37-23-7-3-2-6-21(23)25(24)33-20-12-18-5-4-9-27(18,13-20)26(35)34-10-8-22-17(15-34)11-19(14-32-22)28(29,30)31/h2-3,6-7,11,14,18,20,24-25,33H,4-5,8-10,12-13,15-16H2,1H3. The summed E-state index contributed by atoms with van der Waals surface area (Å²) in [5.74, 6) is 1.23. The third-order valence-electron chi connectivity index (χ3n) is 8.96. The zero-order chi connectivity index (χ0) is 25.8. The molecule has 2 aliphatic heterocycles. The minimum atomic E-state index is -4.45. The number of carbonyl (C=O) groups excluding carboxylic acids is 1. The Kier molecular flexibility index (Phi) is 6.18. The number of hydrogen-bond donors (Lipinski definition) is 1. The highest BCUT2D eigenvalue weighted by atomic mass is 19.4. The van der Waals surface area contributed by atoms with Crippen LogP contribution in [0.25, 0.3) is 0 Å². The van der Waals surface area contributed by atoms with Gasteiger partial charge in [-0.3, -0.25) is 9.78 Å². The third-order valence-corrected chi connectivity index (χ3v) is 8.96. The second-order valence-corrected chi connectivity index (χ2v) is 11.0. The molecule has 6 rings (SSSR count). The first-order valence-electron chi connectivity index (χ1n) is 13.1. The Labute approximate surface area is 214 Å². The number of pyridine rings is 1. The fourth-order valence-electron chi connectivity index (χ4n) is 7.18. The molecule has 1 amide bonds. The molecule has 37 heavy (non-hydrogen) atoms. The monoisotopic (exact) mass is 515 g/mol. The first-order chi connectivity index (χ1) is 17.8. The summed E-state index contributed by atoms with van der Waals surface area (Å²) in [4.78, 5) is 19.9. The summed E-state index contributed by atoms with van der Waals surface area (Å²) in [6.45, 7) is 1.15. The number of methoxy groups -OCH3 is 1. The van der Waals surface area contributed by atoms with Crippen LogP contribution in [-0.4, -0.2) is 48.2 Å². The summed E-state index contributed by atoms with van der Waals surface area (Å²) < 4.78 is 51.5. The van der Waals surface area contributed by atoms with Crippen molar-refractivity contribution in [1.29, 1.82) is 0 Å². The summed E-state index contributed by atoms with van der Waals surface area (Å²) in [6, 6.07) is 9.27. The number of fused-ring (bicyclic) bond motifs is 3. The van der Waals surface area contributed by atoms with E-state index in [0.29, 0.717) is 30.8 Å². The number of rotatable bonds is 4. The molecule has 0 radical (unpaired) electrons. The van der Waals surface area contributed by atoms with Gasteiger partial charge in [-0.2, -0.15) is 13.2 Å². The largest absolute Gasteiger partial charge is 0.490 e. The van der Waals surface area contributed by atoms with Crippen LogP contribution in [0.5, 0.6) is 5.75 Å². The SMILES string of the molecule is COC1COc2ccccc2C1NC1CC2CCCC2(C(=O)N2CCc3ncc(C(F)(F)F)cc3C2)C1. The smallest absolute Gasteiger partial charge is 0.417 e. The van der Waals surface area contributed by atoms with E-state index >= 15 is 0 Å². The van der Waals surface area contributed by atoms with Gasteiger partial charge in [0.15, 0.2) is 0 Å². The first kappa shape index (κ1) is 24.7. The van der Waals surface area contributed by atoms with Gasteiger partial charge < -0.3 is 19.7 Å². The van der Waals surface area contributed by atoms with Gasteiger partial charge in [-0.15, -0.1) is 0 Å². The van der Waals surface area contributed by atoms with Gasteiger partial charge in [0.25, 0.3) is 0 Å². The Hall–Kier alpha value is -2.65. The van der Waals surface area contributed by atoms with Crippen molar-refractivity contribution in [3.63, 3.8) is 0 Å². The number of benzene rings is 1. The van der Waals surface area contributed by atoms with E-state index in [0.717, 1.165) is 55.7 Å². The number of nitrogens with zero attached hydrogens (tertiary/aromatic N) is 2. The quantitative estimate of drug-likeness (QED) is 0.641. The Bertz CT molecular complexity index is 1190. The molecule has 3 heterocycles. The lowest BCUT2D eigenvalue weighted by Crippen LogP contribution is -2.47. The van der Waals surface area contributed by atoms with E-state index in [1.165, 1.54) is 0 Å². The van der Waals surface area contributed by atoms with Gasteiger partial charge in [0.1, 0.15) is 18.5 Å². The van der Waals surface area contributed by atoms with E-state index in [1.807, 2.05) is 18.2 Å². The number of ether oxygens (including phenoxy) is 2. The van der Waals surface area contributed by atoms with Crippen molar-refractivity contribution in [1.82, 2.24) is 15.2 Å². The van der Waals surface area contributed by atoms with E-state index in [9.17, 15) is 18.0 Å². The second kappa shape index (κ2) is 9.27. The van der Waals surface area contributed by atoms with Crippen LogP contribution >= 0.6 is 0 Å². The minimum absolute atomic E-state index is 0.0281. The maximum Gasteiger partial charge on any atom is 0.417 e. The van der Waals surface area contributed by atoms with Crippen molar-refractivity contribution in [2.45, 2.75) is 69.4 Å². The van der Waals surface area contributed by atoms with Gasteiger partial charge in [-0.1, -0.05) is 24.6 Å². The summed E-state index contributed by atoms with van der Waals surface area (Å²) in [6.07, 6.45) is 1.29. The summed E-state index contributed by atoms with van der Waals surface area (Å²) in [5, 5.41) is 3.82. The van der Waals surface area contributed by atoms with Gasteiger partial charge in [0, 0.05) is 50.1 Å². The van der Waals surface area contributed by atoms with Gasteiger partial charge in [-0.05, 0) is 49.3 Å². The number of carbonyl (C=O) groups is 1. The van der Waals surface area contributed by atoms with E-state index < -0.39 is 17.2 Å². The zero-order valence-corrected chi connectivity index (χ0v) is 20.9. The molecular weight excluding hydrogens is 483 g/mol. The number of hydrogen-bond acceptors (Lipinski definition) is 5. The van der Waals surface area contributed by atoms with Gasteiger partial charge >= 0.3 is 6.18 Å². The van der Waals surface area contributed by atoms with E-state index in [2.05, 4.69) is 16.4 Å². The van der Waals surface area contributed by atoms with Crippen LogP contribution in [0.3, 0.4) is 0 Å². The fourth-order valence-corrected chi connectivity index (χ4v) is 7.18. The van der Waals surface area contributed by atoms with Crippen LogP contribution in [0, 0.1) is 11.3 Å². The van der Waals surface area contributed by atoms with Gasteiger partial charge in [0.2, 0.25) is 5.91 Å². The minimum Gasteiger partial charge on any atom is -0.490 e. The molecule has 1 aromatic carbocycles. The molecule has 5 unspecified atom stereocenters. The van der Waals surface area contributed by atoms with Crippen LogP contribution in [0.15, 0.2) is 36.5 Å². The Balaban J connectivity index is 1.21. The average molecular weight is 516 g/mol. The van der Waals surface area contributed by atoms with Crippen LogP contribution in [0.2, 0.25) is 0 Å². The number of halogens is 3. The first-order valence-corrected chi connectivity index (χ1v) is 13.1. The second-order valence-electron chi connectivity index (χ2n) is 11.0. The molecule has 0 saturated heterocycles. The van der Waals surface area contributed by atoms with Gasteiger partial charge in [-0.25, -0.2) is 0 Å². The number of aromatic nitrogens is 1. The zero-order valence-electron chi connectivity index (χ0n) is 20.9. The van der Waals surface area contributed by atoms with Gasteiger partial charge in [0.05, 0.1) is 17.0 Å². The van der Waals surface area contributed by atoms with Crippen molar-refractivity contribution >= 4 is 5.91 Å². The molecule has 2 aliphatic carbocycles. The molecule has 1 aromatic heterocycles. The number of alkyl halides is 3. The van der Waals surface area contributed by atoms with Crippen molar-refractivity contribution in [3.05, 3.63) is 58.9 Å². The van der Waals surface area contributed by atoms with E-state index in [1.54, 1.807) is 12.0 Å². The average Bonchev–Trinajstić information content (AvgIpc) is 3.45. The van der Waals surface area contributed by atoms with Crippen molar-refractivity contribution < 1.29 is 27.4 Å². The van der Waals surface area contributed by atoms with Crippen molar-refractivity contribution in [3.8, 4) is 5.75 Å². The normalized spacial score (nSPS) is 30.9. The van der Waals surface area contributed by atoms with Crippen molar-refractivity contribution in [2.75, 3.05) is 20.3 Å². The summed E-state index contributed by atoms with van der Waals surface area (Å²) in [5.41, 5.74) is 1.02. The number of para-hydroxylation sites is 1. The Morgan fingerprint density at radius 2 is 2.14 bits per heavy atom. The Morgan fingerprint density at radius 3 is 2.95 bits per heavy atom. The summed E-state index contributed by atoms with van der Waals surface area (Å²) in [7, 11) is 1.69. The third kappa shape index (κ3) is 4.30. The molecule has 2 saturated carbocycles. The lowest BCUT2D eigenvalue weighted by molar-refractivity contribution is -0.144. The predicted octanol–water partition coefficient (Wildman–Crippen LogP) is 4.67. The molecule has 0 bridgehead atoms. The molecule has 4 aliphatic rings. The molecule has 5 atom stereocenters. The van der Waals surface area contributed by atoms with Crippen molar-refractivity contribution in [2.24, 2.45) is 11.3 Å². The highest BCUT2D eigenvalue weighted by Crippen LogP contribution is 2.56. The predicted molar refractivity (Wildman–Crippen MR) is 130 cm³/mol. The molecule has 6 nitrogen and oxygen atoms in total. The van der Waals surface area contributed by atoms with Crippen LogP contribution < -0.4 is 10.1 Å². The molecule has 9 heteroatoms. The molecule has 2 aromatic rings. The summed E-state index contributed by atoms with van der Waals surface area (Å²) >= 11 is 0. The Morgan fingerprint density at radius 1 is 1.30 bits per heavy atom. The van der Waals surface area contributed by atoms with Crippen LogP contribution in [0.1, 0.15) is 60.5 Å². The highest BCUT2D eigenvalue weighted by Gasteiger charge is 2.56. The molecule has 1 N–H and O–H groups in total. The van der Waals surface area contributed by atoms with E-state index in [-0.39, 0.29) is 36.6 Å². The maximum absolute atomic E-state index is 14.1. The molecule has 0 spiro atoms. The lowest BCUT2D eigenvalue weighted by atomic mass is 9.78. The topological polar surface area (TPSA) is 63.7 Å². The fraction of sp³-hybridized carbons (Fsp3) is 0.571. The maximum atomic E-state index is 14.1.